The fraction of sp³-hybridized carbons (Fsp3) is 0.250. The van der Waals surface area contributed by atoms with E-state index >= 15 is 0 Å². The molecule has 4 nitrogen and oxygen atoms in total. The summed E-state index contributed by atoms with van der Waals surface area (Å²) >= 11 is 1.65. The van der Waals surface area contributed by atoms with Crippen LogP contribution in [0.15, 0.2) is 41.3 Å². The molecule has 1 aliphatic rings. The Balaban J connectivity index is 1.96. The van der Waals surface area contributed by atoms with Gasteiger partial charge in [0.25, 0.3) is 0 Å². The summed E-state index contributed by atoms with van der Waals surface area (Å²) in [5.41, 5.74) is 3.23. The van der Waals surface area contributed by atoms with Crippen LogP contribution >= 0.6 is 11.8 Å². The van der Waals surface area contributed by atoms with E-state index in [0.29, 0.717) is 12.2 Å². The van der Waals surface area contributed by atoms with Gasteiger partial charge in [0.05, 0.1) is 11.9 Å². The topological polar surface area (TPSA) is 62.5 Å². The van der Waals surface area contributed by atoms with E-state index in [2.05, 4.69) is 6.92 Å². The Morgan fingerprint density at radius 3 is 2.88 bits per heavy atom. The van der Waals surface area contributed by atoms with E-state index in [1.807, 2.05) is 16.7 Å². The molecule has 26 heavy (non-hydrogen) atoms. The number of carboxylic acid groups (broad SMARTS) is 1. The molecule has 0 aliphatic carbocycles. The van der Waals surface area contributed by atoms with Gasteiger partial charge >= 0.3 is 5.97 Å². The van der Waals surface area contributed by atoms with Crippen LogP contribution in [-0.4, -0.2) is 26.0 Å². The molecule has 134 valence electrons. The zero-order valence-electron chi connectivity index (χ0n) is 14.2. The molecule has 2 heterocycles. The van der Waals surface area contributed by atoms with Gasteiger partial charge in [0.2, 0.25) is 0 Å². The van der Waals surface area contributed by atoms with E-state index in [1.54, 1.807) is 23.9 Å². The standard InChI is InChI=1S/C20H18FNO3S/c1-11-7-14-17(23)6-5-15-19(14)20(26-11)16(9-18(24)25)22(15)10-12-3-2-4-13(21)8-12/h2-6,8,11,23H,7,9-10H2,1H3,(H,24,25). The van der Waals surface area contributed by atoms with Crippen LogP contribution in [0.5, 0.6) is 5.75 Å². The first kappa shape index (κ1) is 17.0. The maximum atomic E-state index is 13.6. The number of rotatable bonds is 4. The molecule has 0 bridgehead atoms. The van der Waals surface area contributed by atoms with Crippen LogP contribution in [0, 0.1) is 5.82 Å². The summed E-state index contributed by atoms with van der Waals surface area (Å²) in [5, 5.41) is 20.9. The maximum Gasteiger partial charge on any atom is 0.309 e. The van der Waals surface area contributed by atoms with Crippen molar-refractivity contribution in [1.82, 2.24) is 4.57 Å². The van der Waals surface area contributed by atoms with Crippen LogP contribution in [0.25, 0.3) is 10.9 Å². The monoisotopic (exact) mass is 371 g/mol. The molecule has 0 fully saturated rings. The van der Waals surface area contributed by atoms with Gasteiger partial charge < -0.3 is 14.8 Å². The second-order valence-electron chi connectivity index (χ2n) is 6.65. The predicted molar refractivity (Wildman–Crippen MR) is 99.5 cm³/mol. The molecule has 6 heteroatoms. The highest BCUT2D eigenvalue weighted by Crippen LogP contribution is 2.46. The van der Waals surface area contributed by atoms with Crippen molar-refractivity contribution in [2.45, 2.75) is 36.5 Å². The average molecular weight is 371 g/mol. The van der Waals surface area contributed by atoms with E-state index < -0.39 is 5.97 Å². The first-order chi connectivity index (χ1) is 12.4. The molecular weight excluding hydrogens is 353 g/mol. The molecule has 0 spiro atoms. The van der Waals surface area contributed by atoms with Gasteiger partial charge in [-0.15, -0.1) is 11.8 Å². The second-order valence-corrected chi connectivity index (χ2v) is 8.10. The first-order valence-corrected chi connectivity index (χ1v) is 9.31. The number of hydrogen-bond acceptors (Lipinski definition) is 3. The number of hydrogen-bond donors (Lipinski definition) is 2. The average Bonchev–Trinajstić information content (AvgIpc) is 2.85. The van der Waals surface area contributed by atoms with E-state index in [1.165, 1.54) is 12.1 Å². The van der Waals surface area contributed by atoms with Crippen molar-refractivity contribution >= 4 is 28.6 Å². The van der Waals surface area contributed by atoms with E-state index in [9.17, 15) is 19.4 Å². The van der Waals surface area contributed by atoms with Crippen molar-refractivity contribution in [3.05, 3.63) is 59.0 Å². The summed E-state index contributed by atoms with van der Waals surface area (Å²) in [6, 6.07) is 9.82. The van der Waals surface area contributed by atoms with Gasteiger partial charge in [-0.05, 0) is 36.2 Å². The zero-order valence-corrected chi connectivity index (χ0v) is 15.0. The van der Waals surface area contributed by atoms with Crippen molar-refractivity contribution in [3.8, 4) is 5.75 Å². The number of aromatic hydroxyl groups is 1. The van der Waals surface area contributed by atoms with Crippen molar-refractivity contribution in [3.63, 3.8) is 0 Å². The molecule has 0 saturated carbocycles. The Bertz CT molecular complexity index is 1030. The minimum atomic E-state index is -0.908. The number of benzene rings is 2. The zero-order chi connectivity index (χ0) is 18.4. The summed E-state index contributed by atoms with van der Waals surface area (Å²) in [7, 11) is 0. The van der Waals surface area contributed by atoms with Crippen molar-refractivity contribution in [2.75, 3.05) is 0 Å². The molecule has 0 amide bonds. The normalized spacial score (nSPS) is 16.2. The van der Waals surface area contributed by atoms with Gasteiger partial charge in [0.1, 0.15) is 11.6 Å². The number of carboxylic acids is 1. The lowest BCUT2D eigenvalue weighted by molar-refractivity contribution is -0.136. The first-order valence-electron chi connectivity index (χ1n) is 8.43. The summed E-state index contributed by atoms with van der Waals surface area (Å²) < 4.78 is 15.5. The summed E-state index contributed by atoms with van der Waals surface area (Å²) in [6.07, 6.45) is 0.622. The Kier molecular flexibility index (Phi) is 4.15. The quantitative estimate of drug-likeness (QED) is 0.722. The summed E-state index contributed by atoms with van der Waals surface area (Å²) in [4.78, 5) is 12.4. The third-order valence-corrected chi connectivity index (χ3v) is 5.98. The Morgan fingerprint density at radius 2 is 2.15 bits per heavy atom. The fourth-order valence-electron chi connectivity index (χ4n) is 3.70. The smallest absolute Gasteiger partial charge is 0.309 e. The molecular formula is C20H18FNO3S. The largest absolute Gasteiger partial charge is 0.508 e. The van der Waals surface area contributed by atoms with E-state index in [0.717, 1.165) is 33.3 Å². The minimum Gasteiger partial charge on any atom is -0.508 e. The van der Waals surface area contributed by atoms with Crippen LogP contribution in [0.2, 0.25) is 0 Å². The molecule has 3 aromatic rings. The molecule has 1 aromatic heterocycles. The van der Waals surface area contributed by atoms with Crippen LogP contribution in [0.4, 0.5) is 4.39 Å². The molecule has 1 atom stereocenters. The summed E-state index contributed by atoms with van der Waals surface area (Å²) in [5.74, 6) is -0.977. The number of aliphatic carboxylic acids is 1. The number of thioether (sulfide) groups is 1. The molecule has 1 aliphatic heterocycles. The number of phenolic OH excluding ortho intramolecular Hbond substituents is 1. The van der Waals surface area contributed by atoms with Gasteiger partial charge in [-0.2, -0.15) is 0 Å². The lowest BCUT2D eigenvalue weighted by atomic mass is 10.0. The fourth-order valence-corrected chi connectivity index (χ4v) is 5.01. The van der Waals surface area contributed by atoms with Gasteiger partial charge in [-0.1, -0.05) is 19.1 Å². The number of nitrogens with zero attached hydrogens (tertiary/aromatic N) is 1. The van der Waals surface area contributed by atoms with Crippen molar-refractivity contribution in [2.24, 2.45) is 0 Å². The lowest BCUT2D eigenvalue weighted by Crippen LogP contribution is -2.11. The Hall–Kier alpha value is -2.47. The number of phenols is 1. The number of carbonyl (C=O) groups is 1. The number of halogens is 1. The third kappa shape index (κ3) is 2.84. The van der Waals surface area contributed by atoms with E-state index in [-0.39, 0.29) is 23.2 Å². The van der Waals surface area contributed by atoms with Crippen molar-refractivity contribution < 1.29 is 19.4 Å². The van der Waals surface area contributed by atoms with Crippen LogP contribution in [-0.2, 0) is 24.2 Å². The van der Waals surface area contributed by atoms with Gasteiger partial charge in [0.15, 0.2) is 0 Å². The minimum absolute atomic E-state index is 0.112. The Labute approximate surface area is 154 Å². The molecule has 0 radical (unpaired) electrons. The molecule has 2 N–H and O–H groups in total. The highest BCUT2D eigenvalue weighted by molar-refractivity contribution is 8.00. The Morgan fingerprint density at radius 1 is 1.35 bits per heavy atom. The van der Waals surface area contributed by atoms with Crippen LogP contribution < -0.4 is 0 Å². The van der Waals surface area contributed by atoms with Gasteiger partial charge in [-0.25, -0.2) is 4.39 Å². The van der Waals surface area contributed by atoms with Gasteiger partial charge in [0, 0.05) is 33.3 Å². The predicted octanol–water partition coefficient (Wildman–Crippen LogP) is 4.20. The maximum absolute atomic E-state index is 13.6. The van der Waals surface area contributed by atoms with Crippen LogP contribution in [0.1, 0.15) is 23.7 Å². The van der Waals surface area contributed by atoms with Gasteiger partial charge in [-0.3, -0.25) is 4.79 Å². The molecule has 0 saturated heterocycles. The molecule has 2 aromatic carbocycles. The highest BCUT2D eigenvalue weighted by atomic mass is 32.2. The van der Waals surface area contributed by atoms with E-state index in [4.69, 9.17) is 0 Å². The van der Waals surface area contributed by atoms with Crippen LogP contribution in [0.3, 0.4) is 0 Å². The second kappa shape index (κ2) is 6.36. The molecule has 1 unspecified atom stereocenters. The van der Waals surface area contributed by atoms with Crippen molar-refractivity contribution in [1.29, 1.82) is 0 Å². The number of aromatic nitrogens is 1. The highest BCUT2D eigenvalue weighted by Gasteiger charge is 2.29. The SMILES string of the molecule is CC1Cc2c(O)ccc3c2c(c(CC(=O)O)n3Cc2cccc(F)c2)S1. The third-order valence-electron chi connectivity index (χ3n) is 4.73. The summed E-state index contributed by atoms with van der Waals surface area (Å²) in [6.45, 7) is 2.45. The molecule has 4 rings (SSSR count). The lowest BCUT2D eigenvalue weighted by Gasteiger charge is -2.20.